The molecule has 0 aliphatic carbocycles. The highest BCUT2D eigenvalue weighted by Gasteiger charge is 2.30. The Morgan fingerprint density at radius 2 is 1.91 bits per heavy atom. The smallest absolute Gasteiger partial charge is 0.373 e. The van der Waals surface area contributed by atoms with Crippen molar-refractivity contribution in [3.63, 3.8) is 0 Å². The lowest BCUT2D eigenvalue weighted by atomic mass is 9.92. The number of methoxy groups -OCH3 is 1. The Hall–Kier alpha value is -2.12. The minimum absolute atomic E-state index is 0.0835. The summed E-state index contributed by atoms with van der Waals surface area (Å²) in [7, 11) is 1.27. The molecule has 23 heavy (non-hydrogen) atoms. The van der Waals surface area contributed by atoms with Gasteiger partial charge in [0.2, 0.25) is 11.7 Å². The van der Waals surface area contributed by atoms with Gasteiger partial charge in [-0.3, -0.25) is 4.79 Å². The van der Waals surface area contributed by atoms with Gasteiger partial charge in [0.1, 0.15) is 11.3 Å². The third-order valence-corrected chi connectivity index (χ3v) is 3.92. The lowest BCUT2D eigenvalue weighted by Crippen LogP contribution is -2.48. The second kappa shape index (κ2) is 6.97. The Kier molecular flexibility index (Phi) is 5.23. The van der Waals surface area contributed by atoms with E-state index in [1.807, 2.05) is 12.1 Å². The third kappa shape index (κ3) is 4.00. The predicted octanol–water partition coefficient (Wildman–Crippen LogP) is 2.32. The standard InChI is InChI=1S/C16H17BrN2O4/c1-16(18,10-3-5-11(17)6-4-10)15(21)19-9-12-7-8-13(23-12)14(20)22-2/h3-8H,9,18H2,1-2H3,(H,19,21). The summed E-state index contributed by atoms with van der Waals surface area (Å²) in [6, 6.07) is 10.3. The second-order valence-electron chi connectivity index (χ2n) is 5.15. The average Bonchev–Trinajstić information content (AvgIpc) is 3.01. The number of rotatable bonds is 5. The zero-order valence-corrected chi connectivity index (χ0v) is 14.3. The largest absolute Gasteiger partial charge is 0.463 e. The van der Waals surface area contributed by atoms with Crippen molar-refractivity contribution in [2.75, 3.05) is 7.11 Å². The van der Waals surface area contributed by atoms with Crippen LogP contribution in [-0.4, -0.2) is 19.0 Å². The summed E-state index contributed by atoms with van der Waals surface area (Å²) in [5, 5.41) is 2.70. The number of esters is 1. The number of nitrogens with two attached hydrogens (primary N) is 1. The molecule has 1 atom stereocenters. The van der Waals surface area contributed by atoms with Crippen molar-refractivity contribution in [1.82, 2.24) is 5.32 Å². The summed E-state index contributed by atoms with van der Waals surface area (Å²) >= 11 is 3.34. The fourth-order valence-electron chi connectivity index (χ4n) is 1.96. The maximum absolute atomic E-state index is 12.3. The van der Waals surface area contributed by atoms with E-state index in [4.69, 9.17) is 10.2 Å². The van der Waals surface area contributed by atoms with E-state index in [2.05, 4.69) is 26.0 Å². The van der Waals surface area contributed by atoms with Crippen LogP contribution >= 0.6 is 15.9 Å². The van der Waals surface area contributed by atoms with Crippen molar-refractivity contribution in [3.05, 3.63) is 58.0 Å². The van der Waals surface area contributed by atoms with E-state index >= 15 is 0 Å². The Morgan fingerprint density at radius 1 is 1.26 bits per heavy atom. The number of furan rings is 1. The summed E-state index contributed by atoms with van der Waals surface area (Å²) in [5.41, 5.74) is 5.64. The molecule has 0 radical (unpaired) electrons. The fraction of sp³-hybridized carbons (Fsp3) is 0.250. The van der Waals surface area contributed by atoms with Crippen LogP contribution in [0, 0.1) is 0 Å². The molecule has 2 aromatic rings. The minimum atomic E-state index is -1.18. The van der Waals surface area contributed by atoms with Crippen LogP contribution in [0.2, 0.25) is 0 Å². The SMILES string of the molecule is COC(=O)c1ccc(CNC(=O)C(C)(N)c2ccc(Br)cc2)o1. The lowest BCUT2D eigenvalue weighted by Gasteiger charge is -2.24. The van der Waals surface area contributed by atoms with Gasteiger partial charge < -0.3 is 20.2 Å². The highest BCUT2D eigenvalue weighted by Crippen LogP contribution is 2.21. The Balaban J connectivity index is 2.02. The molecule has 0 saturated heterocycles. The predicted molar refractivity (Wildman–Crippen MR) is 87.6 cm³/mol. The van der Waals surface area contributed by atoms with Crippen LogP contribution < -0.4 is 11.1 Å². The van der Waals surface area contributed by atoms with Crippen molar-refractivity contribution in [3.8, 4) is 0 Å². The van der Waals surface area contributed by atoms with Crippen molar-refractivity contribution in [2.45, 2.75) is 19.0 Å². The quantitative estimate of drug-likeness (QED) is 0.776. The molecule has 122 valence electrons. The number of hydrogen-bond acceptors (Lipinski definition) is 5. The monoisotopic (exact) mass is 380 g/mol. The highest BCUT2D eigenvalue weighted by molar-refractivity contribution is 9.10. The number of nitrogens with one attached hydrogen (secondary N) is 1. The van der Waals surface area contributed by atoms with Crippen LogP contribution in [0.5, 0.6) is 0 Å². The number of halogens is 1. The second-order valence-corrected chi connectivity index (χ2v) is 6.07. The van der Waals surface area contributed by atoms with Crippen molar-refractivity contribution >= 4 is 27.8 Å². The number of hydrogen-bond donors (Lipinski definition) is 2. The highest BCUT2D eigenvalue weighted by atomic mass is 79.9. The molecule has 1 amide bonds. The van der Waals surface area contributed by atoms with E-state index in [0.717, 1.165) is 4.47 Å². The van der Waals surface area contributed by atoms with Gasteiger partial charge in [-0.05, 0) is 36.8 Å². The number of carbonyl (C=O) groups is 2. The Bertz CT molecular complexity index is 707. The molecule has 1 aromatic heterocycles. The van der Waals surface area contributed by atoms with Gasteiger partial charge in [0.15, 0.2) is 0 Å². The van der Waals surface area contributed by atoms with Crippen LogP contribution in [0.3, 0.4) is 0 Å². The van der Waals surface area contributed by atoms with Gasteiger partial charge in [0.25, 0.3) is 0 Å². The van der Waals surface area contributed by atoms with E-state index in [9.17, 15) is 9.59 Å². The molecule has 7 heteroatoms. The van der Waals surface area contributed by atoms with Crippen LogP contribution in [0.25, 0.3) is 0 Å². The van der Waals surface area contributed by atoms with E-state index in [0.29, 0.717) is 11.3 Å². The molecule has 0 fully saturated rings. The third-order valence-electron chi connectivity index (χ3n) is 3.39. The van der Waals surface area contributed by atoms with E-state index < -0.39 is 11.5 Å². The van der Waals surface area contributed by atoms with Gasteiger partial charge in [-0.2, -0.15) is 0 Å². The molecular formula is C16H17BrN2O4. The molecule has 6 nitrogen and oxygen atoms in total. The molecule has 0 aliphatic heterocycles. The first kappa shape index (κ1) is 17.2. The van der Waals surface area contributed by atoms with Gasteiger partial charge in [-0.1, -0.05) is 28.1 Å². The normalized spacial score (nSPS) is 13.2. The molecule has 1 unspecified atom stereocenters. The first-order chi connectivity index (χ1) is 10.8. The van der Waals surface area contributed by atoms with Gasteiger partial charge in [0, 0.05) is 4.47 Å². The van der Waals surface area contributed by atoms with Crippen LogP contribution in [0.1, 0.15) is 28.8 Å². The zero-order valence-electron chi connectivity index (χ0n) is 12.8. The summed E-state index contributed by atoms with van der Waals surface area (Å²) in [6.07, 6.45) is 0. The first-order valence-electron chi connectivity index (χ1n) is 6.85. The van der Waals surface area contributed by atoms with Gasteiger partial charge in [-0.25, -0.2) is 4.79 Å². The molecule has 0 spiro atoms. The molecular weight excluding hydrogens is 364 g/mol. The van der Waals surface area contributed by atoms with Crippen LogP contribution in [0.4, 0.5) is 0 Å². The zero-order chi connectivity index (χ0) is 17.0. The molecule has 3 N–H and O–H groups in total. The Labute approximate surface area is 142 Å². The fourth-order valence-corrected chi connectivity index (χ4v) is 2.23. The maximum Gasteiger partial charge on any atom is 0.373 e. The summed E-state index contributed by atoms with van der Waals surface area (Å²) in [4.78, 5) is 23.6. The van der Waals surface area contributed by atoms with Crippen molar-refractivity contribution in [1.29, 1.82) is 0 Å². The van der Waals surface area contributed by atoms with Gasteiger partial charge in [0.05, 0.1) is 13.7 Å². The Morgan fingerprint density at radius 3 is 2.52 bits per heavy atom. The molecule has 0 bridgehead atoms. The van der Waals surface area contributed by atoms with E-state index in [1.165, 1.54) is 13.2 Å². The van der Waals surface area contributed by atoms with Gasteiger partial charge in [-0.15, -0.1) is 0 Å². The summed E-state index contributed by atoms with van der Waals surface area (Å²) < 4.78 is 10.7. The van der Waals surface area contributed by atoms with Crippen LogP contribution in [0.15, 0.2) is 45.3 Å². The van der Waals surface area contributed by atoms with Crippen molar-refractivity contribution < 1.29 is 18.7 Å². The molecule has 1 aromatic carbocycles. The number of carbonyl (C=O) groups excluding carboxylic acids is 2. The number of amides is 1. The van der Waals surface area contributed by atoms with E-state index in [1.54, 1.807) is 25.1 Å². The molecule has 0 saturated carbocycles. The number of ether oxygens (including phenoxy) is 1. The molecule has 2 rings (SSSR count). The topological polar surface area (TPSA) is 94.6 Å². The maximum atomic E-state index is 12.3. The average molecular weight is 381 g/mol. The minimum Gasteiger partial charge on any atom is -0.463 e. The molecule has 1 heterocycles. The van der Waals surface area contributed by atoms with Crippen LogP contribution in [-0.2, 0) is 21.6 Å². The molecule has 0 aliphatic rings. The van der Waals surface area contributed by atoms with Gasteiger partial charge >= 0.3 is 5.97 Å². The first-order valence-corrected chi connectivity index (χ1v) is 7.64. The number of benzene rings is 1. The summed E-state index contributed by atoms with van der Waals surface area (Å²) in [5.74, 6) is -0.400. The summed E-state index contributed by atoms with van der Waals surface area (Å²) in [6.45, 7) is 1.76. The van der Waals surface area contributed by atoms with E-state index in [-0.39, 0.29) is 18.2 Å². The lowest BCUT2D eigenvalue weighted by molar-refractivity contribution is -0.126. The van der Waals surface area contributed by atoms with Crippen molar-refractivity contribution in [2.24, 2.45) is 5.73 Å².